The lowest BCUT2D eigenvalue weighted by atomic mass is 9.83. The number of nitrogens with two attached hydrogens (primary N) is 1. The van der Waals surface area contributed by atoms with E-state index in [0.717, 1.165) is 43.9 Å². The molecule has 3 N–H and O–H groups in total. The summed E-state index contributed by atoms with van der Waals surface area (Å²) < 4.78 is 19.7. The number of rotatable bonds is 10. The second-order valence-electron chi connectivity index (χ2n) is 12.6. The van der Waals surface area contributed by atoms with Crippen molar-refractivity contribution in [3.8, 4) is 17.2 Å². The van der Waals surface area contributed by atoms with Crippen LogP contribution in [-0.2, 0) is 30.7 Å². The zero-order valence-corrected chi connectivity index (χ0v) is 25.5. The molecule has 0 saturated carbocycles. The second kappa shape index (κ2) is 12.5. The van der Waals surface area contributed by atoms with Crippen LogP contribution in [0.3, 0.4) is 0 Å². The van der Waals surface area contributed by atoms with Crippen molar-refractivity contribution in [2.75, 3.05) is 26.3 Å². The van der Waals surface area contributed by atoms with Gasteiger partial charge in [0, 0.05) is 62.6 Å². The first-order valence-electron chi connectivity index (χ1n) is 15.8. The average molecular weight is 624 g/mol. The molecule has 5 heterocycles. The maximum atomic E-state index is 13.0. The minimum atomic E-state index is -0.757. The van der Waals surface area contributed by atoms with E-state index in [1.807, 2.05) is 22.8 Å². The van der Waals surface area contributed by atoms with Crippen LogP contribution < -0.4 is 26.2 Å². The SMILES string of the molecule is NC(=O)CC(c1ccc(OCCc2ccc3c(c2)CCO3)cc1)c1oc(CN2C[C@H]3C[C@@H](C2)c2cccc(=O)n2C3)cc(=O)c1O. The van der Waals surface area contributed by atoms with Crippen LogP contribution in [0.25, 0.3) is 0 Å². The summed E-state index contributed by atoms with van der Waals surface area (Å²) in [4.78, 5) is 39.8. The molecule has 1 saturated heterocycles. The van der Waals surface area contributed by atoms with Gasteiger partial charge in [-0.1, -0.05) is 30.3 Å². The Hall–Kier alpha value is -4.83. The van der Waals surface area contributed by atoms with Crippen molar-refractivity contribution in [3.63, 3.8) is 0 Å². The molecule has 2 aromatic heterocycles. The van der Waals surface area contributed by atoms with E-state index in [1.54, 1.807) is 30.3 Å². The number of carbonyl (C=O) groups is 1. The van der Waals surface area contributed by atoms with E-state index in [2.05, 4.69) is 17.0 Å². The number of ether oxygens (including phenoxy) is 2. The first-order valence-corrected chi connectivity index (χ1v) is 15.8. The molecular formula is C36H37N3O7. The summed E-state index contributed by atoms with van der Waals surface area (Å²) in [7, 11) is 0. The van der Waals surface area contributed by atoms with Crippen molar-refractivity contribution in [3.05, 3.63) is 121 Å². The number of aromatic hydroxyl groups is 1. The Balaban J connectivity index is 1.06. The van der Waals surface area contributed by atoms with Crippen molar-refractivity contribution in [1.82, 2.24) is 9.47 Å². The van der Waals surface area contributed by atoms with E-state index >= 15 is 0 Å². The van der Waals surface area contributed by atoms with Crippen LogP contribution in [0.4, 0.5) is 0 Å². The maximum Gasteiger partial charge on any atom is 0.250 e. The molecule has 4 aromatic rings. The molecule has 1 unspecified atom stereocenters. The number of likely N-dealkylation sites (tertiary alicyclic amines) is 1. The highest BCUT2D eigenvalue weighted by atomic mass is 16.5. The van der Waals surface area contributed by atoms with Crippen molar-refractivity contribution >= 4 is 5.91 Å². The standard InChI is InChI=1S/C36H37N3O7/c37-33(41)17-29(24-5-7-27(8-6-24)44-12-10-22-4-9-32-25(14-22)11-13-45-32)36-35(43)31(40)16-28(46-36)21-38-18-23-15-26(20-38)30-2-1-3-34(42)39(30)19-23/h1-9,14,16,23,26,29,43H,10-13,15,17-21H2,(H2,37,41)/t23-,26+,29?/m1/s1. The molecule has 0 spiro atoms. The fourth-order valence-electron chi connectivity index (χ4n) is 7.26. The van der Waals surface area contributed by atoms with Crippen LogP contribution in [-0.4, -0.2) is 46.8 Å². The van der Waals surface area contributed by atoms with Crippen molar-refractivity contribution < 1.29 is 23.8 Å². The van der Waals surface area contributed by atoms with Gasteiger partial charge < -0.3 is 29.3 Å². The van der Waals surface area contributed by atoms with Crippen LogP contribution in [0.2, 0.25) is 0 Å². The van der Waals surface area contributed by atoms with Crippen molar-refractivity contribution in [2.45, 2.75) is 50.6 Å². The molecule has 3 aliphatic heterocycles. The van der Waals surface area contributed by atoms with Crippen LogP contribution in [0, 0.1) is 5.92 Å². The lowest BCUT2D eigenvalue weighted by Crippen LogP contribution is -2.46. The van der Waals surface area contributed by atoms with E-state index in [-0.39, 0.29) is 23.7 Å². The Labute approximate surface area is 266 Å². The Morgan fingerprint density at radius 1 is 1.04 bits per heavy atom. The topological polar surface area (TPSA) is 137 Å². The molecule has 1 amide bonds. The molecule has 1 fully saturated rings. The molecule has 7 rings (SSSR count). The first-order chi connectivity index (χ1) is 22.3. The Bertz CT molecular complexity index is 1880. The van der Waals surface area contributed by atoms with Gasteiger partial charge in [0.2, 0.25) is 17.1 Å². The van der Waals surface area contributed by atoms with Crippen LogP contribution in [0.1, 0.15) is 58.6 Å². The molecule has 10 heteroatoms. The normalized spacial score (nSPS) is 19.1. The summed E-state index contributed by atoms with van der Waals surface area (Å²) >= 11 is 0. The van der Waals surface area contributed by atoms with E-state index in [0.29, 0.717) is 49.2 Å². The van der Waals surface area contributed by atoms with E-state index < -0.39 is 23.0 Å². The lowest BCUT2D eigenvalue weighted by Gasteiger charge is -2.42. The lowest BCUT2D eigenvalue weighted by molar-refractivity contribution is -0.118. The number of hydrogen-bond donors (Lipinski definition) is 2. The number of carbonyl (C=O) groups excluding carboxylic acids is 1. The fourth-order valence-corrected chi connectivity index (χ4v) is 7.26. The molecule has 3 aliphatic rings. The minimum absolute atomic E-state index is 0.0182. The number of hydrogen-bond acceptors (Lipinski definition) is 8. The largest absolute Gasteiger partial charge is 0.502 e. The van der Waals surface area contributed by atoms with Gasteiger partial charge in [0.1, 0.15) is 17.3 Å². The van der Waals surface area contributed by atoms with Crippen LogP contribution >= 0.6 is 0 Å². The Morgan fingerprint density at radius 2 is 1.89 bits per heavy atom. The zero-order chi connectivity index (χ0) is 31.8. The number of nitrogens with zero attached hydrogens (tertiary/aromatic N) is 2. The second-order valence-corrected chi connectivity index (χ2v) is 12.6. The molecule has 46 heavy (non-hydrogen) atoms. The number of aromatic nitrogens is 1. The summed E-state index contributed by atoms with van der Waals surface area (Å²) in [6.45, 7) is 3.71. The summed E-state index contributed by atoms with van der Waals surface area (Å²) in [5, 5.41) is 10.8. The summed E-state index contributed by atoms with van der Waals surface area (Å²) in [5.74, 6) is 0.668. The third-order valence-corrected chi connectivity index (χ3v) is 9.35. The smallest absolute Gasteiger partial charge is 0.250 e. The molecular weight excluding hydrogens is 586 g/mol. The highest BCUT2D eigenvalue weighted by Crippen LogP contribution is 2.37. The maximum absolute atomic E-state index is 13.0. The zero-order valence-electron chi connectivity index (χ0n) is 25.5. The van der Waals surface area contributed by atoms with Gasteiger partial charge in [-0.05, 0) is 53.3 Å². The quantitative estimate of drug-likeness (QED) is 0.273. The third-order valence-electron chi connectivity index (χ3n) is 9.35. The van der Waals surface area contributed by atoms with Gasteiger partial charge in [0.25, 0.3) is 5.56 Å². The minimum Gasteiger partial charge on any atom is -0.502 e. The molecule has 0 aliphatic carbocycles. The van der Waals surface area contributed by atoms with Crippen molar-refractivity contribution in [2.24, 2.45) is 11.7 Å². The molecule has 2 bridgehead atoms. The van der Waals surface area contributed by atoms with Gasteiger partial charge in [0.05, 0.1) is 25.7 Å². The molecule has 10 nitrogen and oxygen atoms in total. The Kier molecular flexibility index (Phi) is 8.12. The molecule has 0 radical (unpaired) electrons. The number of fused-ring (bicyclic) bond motifs is 5. The number of pyridine rings is 1. The molecule has 238 valence electrons. The van der Waals surface area contributed by atoms with Gasteiger partial charge in [0.15, 0.2) is 5.76 Å². The summed E-state index contributed by atoms with van der Waals surface area (Å²) in [5.41, 5.74) is 9.19. The summed E-state index contributed by atoms with van der Waals surface area (Å²) in [6, 6.07) is 20.2. The molecule has 2 aromatic carbocycles. The van der Waals surface area contributed by atoms with Gasteiger partial charge in [-0.15, -0.1) is 0 Å². The van der Waals surface area contributed by atoms with E-state index in [4.69, 9.17) is 19.6 Å². The average Bonchev–Trinajstić information content (AvgIpc) is 3.51. The molecule has 3 atom stereocenters. The predicted molar refractivity (Wildman–Crippen MR) is 170 cm³/mol. The van der Waals surface area contributed by atoms with E-state index in [9.17, 15) is 19.5 Å². The van der Waals surface area contributed by atoms with Gasteiger partial charge in [-0.25, -0.2) is 0 Å². The van der Waals surface area contributed by atoms with E-state index in [1.165, 1.54) is 17.2 Å². The number of piperidine rings is 1. The number of benzene rings is 2. The highest BCUT2D eigenvalue weighted by Gasteiger charge is 2.35. The fraction of sp³-hybridized carbons (Fsp3) is 0.361. The number of primary amides is 1. The monoisotopic (exact) mass is 623 g/mol. The van der Waals surface area contributed by atoms with Gasteiger partial charge in [-0.3, -0.25) is 19.3 Å². The third kappa shape index (κ3) is 6.17. The number of amides is 1. The van der Waals surface area contributed by atoms with Gasteiger partial charge in [-0.2, -0.15) is 0 Å². The summed E-state index contributed by atoms with van der Waals surface area (Å²) in [6.07, 6.45) is 2.53. The Morgan fingerprint density at radius 3 is 2.72 bits per heavy atom. The van der Waals surface area contributed by atoms with Crippen LogP contribution in [0.5, 0.6) is 17.2 Å². The predicted octanol–water partition coefficient (Wildman–Crippen LogP) is 3.69. The van der Waals surface area contributed by atoms with Gasteiger partial charge >= 0.3 is 0 Å². The first kappa shape index (κ1) is 29.9. The highest BCUT2D eigenvalue weighted by molar-refractivity contribution is 5.75. The van der Waals surface area contributed by atoms with Crippen LogP contribution in [0.15, 0.2) is 80.7 Å². The van der Waals surface area contributed by atoms with Crippen molar-refractivity contribution in [1.29, 1.82) is 0 Å².